The molecule has 8 atom stereocenters. The Bertz CT molecular complexity index is 1610. The molecule has 2 unspecified atom stereocenters. The summed E-state index contributed by atoms with van der Waals surface area (Å²) in [7, 11) is 0. The number of hydrogen-bond donors (Lipinski definition) is 2. The largest absolute Gasteiger partial charge is 0.477 e. The molecule has 4 heterocycles. The van der Waals surface area contributed by atoms with Gasteiger partial charge in [-0.1, -0.05) is 18.6 Å². The number of aromatic amines is 1. The normalized spacial score (nSPS) is 34.8. The zero-order valence-electron chi connectivity index (χ0n) is 22.7. The average molecular weight is 541 g/mol. The van der Waals surface area contributed by atoms with Crippen molar-refractivity contribution < 1.29 is 9.90 Å². The standard InChI is InChI=1S/C32H36N4O4/c37-30-26(32(39)40)13-20(16-33-30)29-31(38)36(28-7-2-1-6-27(28)34-29)24-14-21-4-3-5-22(15-24)35(21)23-9-17-8-18-11-19(12-23)25(18)10-17/h1-2,6-7,13,16-19,21-25H,3-5,8-12,14-15H2,(H,33,37)(H,39,40)/t17-,18+,19+,21-,22+,23-,24?,25?/m1/s1. The molecule has 2 saturated heterocycles. The van der Waals surface area contributed by atoms with E-state index in [4.69, 9.17) is 0 Å². The fraction of sp³-hybridized carbons (Fsp3) is 0.562. The van der Waals surface area contributed by atoms with Crippen LogP contribution >= 0.6 is 0 Å². The molecule has 3 aromatic rings. The summed E-state index contributed by atoms with van der Waals surface area (Å²) in [5.74, 6) is 2.54. The van der Waals surface area contributed by atoms with Gasteiger partial charge in [-0.3, -0.25) is 14.5 Å². The van der Waals surface area contributed by atoms with Crippen LogP contribution < -0.4 is 11.1 Å². The van der Waals surface area contributed by atoms with Gasteiger partial charge in [-0.25, -0.2) is 9.78 Å². The molecule has 8 rings (SSSR count). The minimum atomic E-state index is -1.33. The fourth-order valence-electron chi connectivity index (χ4n) is 9.71. The number of rotatable bonds is 4. The van der Waals surface area contributed by atoms with Gasteiger partial charge in [-0.15, -0.1) is 0 Å². The first-order valence-electron chi connectivity index (χ1n) is 15.2. The van der Waals surface area contributed by atoms with Crippen LogP contribution in [0.4, 0.5) is 0 Å². The predicted octanol–water partition coefficient (Wildman–Crippen LogP) is 4.83. The van der Waals surface area contributed by atoms with E-state index < -0.39 is 17.1 Å². The molecule has 8 nitrogen and oxygen atoms in total. The molecule has 0 radical (unpaired) electrons. The van der Waals surface area contributed by atoms with E-state index in [2.05, 4.69) is 14.9 Å². The number of carboxylic acids is 1. The number of fused-ring (bicyclic) bond motifs is 4. The lowest BCUT2D eigenvalue weighted by Crippen LogP contribution is -2.58. The number of aromatic nitrogens is 3. The highest BCUT2D eigenvalue weighted by Gasteiger charge is 2.53. The van der Waals surface area contributed by atoms with Gasteiger partial charge in [-0.2, -0.15) is 0 Å². The summed E-state index contributed by atoms with van der Waals surface area (Å²) in [6, 6.07) is 10.7. The van der Waals surface area contributed by atoms with Crippen molar-refractivity contribution in [1.29, 1.82) is 0 Å². The minimum Gasteiger partial charge on any atom is -0.477 e. The number of pyridine rings is 1. The molecule has 5 aliphatic rings. The second-order valence-electron chi connectivity index (χ2n) is 13.3. The van der Waals surface area contributed by atoms with Crippen LogP contribution in [0.25, 0.3) is 22.3 Å². The van der Waals surface area contributed by atoms with Gasteiger partial charge in [-0.05, 0) is 99.7 Å². The number of carboxylic acid groups (broad SMARTS) is 1. The lowest BCUT2D eigenvalue weighted by atomic mass is 9.64. The van der Waals surface area contributed by atoms with Gasteiger partial charge >= 0.3 is 5.97 Å². The highest BCUT2D eigenvalue weighted by atomic mass is 16.4. The first-order valence-corrected chi connectivity index (χ1v) is 15.2. The molecule has 2 N–H and O–H groups in total. The molecule has 40 heavy (non-hydrogen) atoms. The molecule has 0 amide bonds. The number of benzene rings is 1. The van der Waals surface area contributed by atoms with Crippen LogP contribution in [0.15, 0.2) is 46.1 Å². The third-order valence-electron chi connectivity index (χ3n) is 11.2. The van der Waals surface area contributed by atoms with Crippen molar-refractivity contribution in [2.45, 2.75) is 88.4 Å². The van der Waals surface area contributed by atoms with E-state index in [9.17, 15) is 19.5 Å². The zero-order chi connectivity index (χ0) is 27.1. The molecule has 3 aliphatic carbocycles. The Labute approximate surface area is 232 Å². The smallest absolute Gasteiger partial charge is 0.341 e. The Balaban J connectivity index is 1.17. The second-order valence-corrected chi connectivity index (χ2v) is 13.3. The molecule has 2 aromatic heterocycles. The molecule has 8 heteroatoms. The summed E-state index contributed by atoms with van der Waals surface area (Å²) in [5.41, 5.74) is 0.731. The molecule has 1 aromatic carbocycles. The first kappa shape index (κ1) is 24.5. The summed E-state index contributed by atoms with van der Waals surface area (Å²) in [4.78, 5) is 48.0. The molecule has 0 spiro atoms. The van der Waals surface area contributed by atoms with Crippen molar-refractivity contribution >= 4 is 17.0 Å². The van der Waals surface area contributed by atoms with Gasteiger partial charge in [0.25, 0.3) is 11.1 Å². The Morgan fingerprint density at radius 3 is 2.48 bits per heavy atom. The number of piperidine rings is 2. The number of aromatic carboxylic acids is 1. The third-order valence-corrected chi connectivity index (χ3v) is 11.2. The summed E-state index contributed by atoms with van der Waals surface area (Å²) in [6.07, 6.45) is 14.1. The van der Waals surface area contributed by atoms with Gasteiger partial charge in [0, 0.05) is 35.9 Å². The Kier molecular flexibility index (Phi) is 5.60. The van der Waals surface area contributed by atoms with Crippen LogP contribution in [0, 0.1) is 23.7 Å². The van der Waals surface area contributed by atoms with Gasteiger partial charge in [0.15, 0.2) is 0 Å². The number of nitrogens with one attached hydrogen (secondary N) is 1. The number of H-pyrrole nitrogens is 1. The second kappa shape index (κ2) is 9.13. The van der Waals surface area contributed by atoms with Crippen molar-refractivity contribution in [2.75, 3.05) is 0 Å². The van der Waals surface area contributed by atoms with Crippen molar-refractivity contribution in [2.24, 2.45) is 23.7 Å². The van der Waals surface area contributed by atoms with Crippen molar-refractivity contribution in [1.82, 2.24) is 19.4 Å². The van der Waals surface area contributed by atoms with Crippen LogP contribution in [-0.4, -0.2) is 48.6 Å². The average Bonchev–Trinajstić information content (AvgIpc) is 3.16. The van der Waals surface area contributed by atoms with Crippen molar-refractivity contribution in [3.63, 3.8) is 0 Å². The summed E-state index contributed by atoms with van der Waals surface area (Å²) < 4.78 is 1.94. The Hall–Kier alpha value is -3.26. The predicted molar refractivity (Wildman–Crippen MR) is 151 cm³/mol. The van der Waals surface area contributed by atoms with E-state index in [1.165, 1.54) is 63.6 Å². The summed E-state index contributed by atoms with van der Waals surface area (Å²) >= 11 is 0. The maximum absolute atomic E-state index is 14.2. The monoisotopic (exact) mass is 540 g/mol. The lowest BCUT2D eigenvalue weighted by molar-refractivity contribution is -0.0437. The van der Waals surface area contributed by atoms with Gasteiger partial charge in [0.05, 0.1) is 11.0 Å². The molecule has 208 valence electrons. The molecular weight excluding hydrogens is 504 g/mol. The highest BCUT2D eigenvalue weighted by Crippen LogP contribution is 2.59. The van der Waals surface area contributed by atoms with Crippen LogP contribution in [0.5, 0.6) is 0 Å². The quantitative estimate of drug-likeness (QED) is 0.491. The number of para-hydroxylation sites is 2. The lowest BCUT2D eigenvalue weighted by Gasteiger charge is -2.54. The van der Waals surface area contributed by atoms with E-state index in [-0.39, 0.29) is 17.3 Å². The van der Waals surface area contributed by atoms with E-state index in [0.29, 0.717) is 29.2 Å². The van der Waals surface area contributed by atoms with E-state index in [1.807, 2.05) is 28.8 Å². The SMILES string of the molecule is O=C(O)c1cc(-c2nc3ccccc3n(C3C[C@H]4CCC[C@@H](C3)N4[C@@H]3C[C@@H]4CC5[C@@H](C4)C[C@H]5C3)c2=O)c[nH]c1=O. The molecule has 3 saturated carbocycles. The molecule has 5 fully saturated rings. The highest BCUT2D eigenvalue weighted by molar-refractivity contribution is 5.88. The maximum atomic E-state index is 14.2. The molecule has 4 bridgehead atoms. The van der Waals surface area contributed by atoms with Crippen molar-refractivity contribution in [3.05, 3.63) is 62.8 Å². The van der Waals surface area contributed by atoms with Crippen molar-refractivity contribution in [3.8, 4) is 11.3 Å². The van der Waals surface area contributed by atoms with E-state index >= 15 is 0 Å². The Morgan fingerprint density at radius 1 is 0.900 bits per heavy atom. The number of hydrogen-bond acceptors (Lipinski definition) is 5. The maximum Gasteiger partial charge on any atom is 0.341 e. The molecule has 2 aliphatic heterocycles. The van der Waals surface area contributed by atoms with E-state index in [1.54, 1.807) is 0 Å². The third kappa shape index (κ3) is 3.75. The van der Waals surface area contributed by atoms with Gasteiger partial charge in [0.1, 0.15) is 11.3 Å². The van der Waals surface area contributed by atoms with Crippen LogP contribution in [0.2, 0.25) is 0 Å². The topological polar surface area (TPSA) is 108 Å². The van der Waals surface area contributed by atoms with Gasteiger partial charge in [0.2, 0.25) is 0 Å². The van der Waals surface area contributed by atoms with Crippen LogP contribution in [-0.2, 0) is 0 Å². The van der Waals surface area contributed by atoms with Crippen LogP contribution in [0.1, 0.15) is 80.6 Å². The fourth-order valence-corrected chi connectivity index (χ4v) is 9.71. The number of nitrogens with zero attached hydrogens (tertiary/aromatic N) is 3. The summed E-state index contributed by atoms with van der Waals surface area (Å²) in [6.45, 7) is 0. The first-order chi connectivity index (χ1) is 19.4. The Morgan fingerprint density at radius 2 is 1.68 bits per heavy atom. The zero-order valence-corrected chi connectivity index (χ0v) is 22.7. The van der Waals surface area contributed by atoms with E-state index in [0.717, 1.165) is 42.0 Å². The molecular formula is C32H36N4O4. The van der Waals surface area contributed by atoms with Gasteiger partial charge < -0.3 is 14.7 Å². The minimum absolute atomic E-state index is 0.0581. The van der Waals surface area contributed by atoms with Crippen LogP contribution in [0.3, 0.4) is 0 Å². The summed E-state index contributed by atoms with van der Waals surface area (Å²) in [5, 5.41) is 9.50. The number of carbonyl (C=O) groups is 1.